The quantitative estimate of drug-likeness (QED) is 0.326. The van der Waals surface area contributed by atoms with Gasteiger partial charge in [0.05, 0.1) is 10.6 Å². The van der Waals surface area contributed by atoms with Gasteiger partial charge in [0.2, 0.25) is 0 Å². The van der Waals surface area contributed by atoms with Crippen LogP contribution in [0.25, 0.3) is 0 Å². The van der Waals surface area contributed by atoms with Crippen molar-refractivity contribution < 1.29 is 10.0 Å². The Bertz CT molecular complexity index is 1000. The number of aryl methyl sites for hydroxylation is 1. The van der Waals surface area contributed by atoms with Crippen molar-refractivity contribution in [2.45, 2.75) is 71.1 Å². The molecule has 3 atom stereocenters. The van der Waals surface area contributed by atoms with Crippen molar-refractivity contribution in [1.82, 2.24) is 0 Å². The highest BCUT2D eigenvalue weighted by atomic mass is 16.6. The molecule has 0 saturated heterocycles. The first-order valence-electron chi connectivity index (χ1n) is 11.5. The maximum Gasteiger partial charge on any atom is 0.271 e. The van der Waals surface area contributed by atoms with Crippen LogP contribution in [0.1, 0.15) is 76.0 Å². The Labute approximate surface area is 185 Å². The third kappa shape index (κ3) is 3.79. The third-order valence-electron chi connectivity index (χ3n) is 8.04. The zero-order valence-corrected chi connectivity index (χ0v) is 19.1. The van der Waals surface area contributed by atoms with E-state index in [-0.39, 0.29) is 22.3 Å². The number of fused-ring (bicyclic) bond motifs is 3. The Hall–Kier alpha value is -2.56. The average Bonchev–Trinajstić information content (AvgIpc) is 2.72. The summed E-state index contributed by atoms with van der Waals surface area (Å²) in [6.07, 6.45) is 5.74. The molecule has 2 aliphatic carbocycles. The molecule has 2 N–H and O–H groups in total. The molecule has 0 amide bonds. The minimum atomic E-state index is -0.423. The minimum absolute atomic E-state index is 0.00788. The number of rotatable bonds is 5. The number of phenols is 1. The van der Waals surface area contributed by atoms with Gasteiger partial charge in [-0.25, -0.2) is 0 Å². The lowest BCUT2D eigenvalue weighted by atomic mass is 9.49. The van der Waals surface area contributed by atoms with Crippen molar-refractivity contribution in [2.75, 3.05) is 11.9 Å². The molecule has 5 heteroatoms. The Morgan fingerprint density at radius 1 is 1.19 bits per heavy atom. The van der Waals surface area contributed by atoms with Crippen LogP contribution in [0.4, 0.5) is 11.4 Å². The number of anilines is 1. The number of non-ortho nitro benzene ring substituents is 1. The highest BCUT2D eigenvalue weighted by Gasteiger charge is 2.51. The summed E-state index contributed by atoms with van der Waals surface area (Å²) in [5.41, 5.74) is 5.07. The molecule has 166 valence electrons. The molecular formula is C26H34N2O3. The molecule has 1 unspecified atom stereocenters. The summed E-state index contributed by atoms with van der Waals surface area (Å²) in [5.74, 6) is 1.13. The van der Waals surface area contributed by atoms with Gasteiger partial charge in [-0.2, -0.15) is 0 Å². The predicted molar refractivity (Wildman–Crippen MR) is 125 cm³/mol. The molecule has 0 spiro atoms. The smallest absolute Gasteiger partial charge is 0.271 e. The highest BCUT2D eigenvalue weighted by Crippen LogP contribution is 2.57. The van der Waals surface area contributed by atoms with Crippen LogP contribution in [0.5, 0.6) is 5.75 Å². The summed E-state index contributed by atoms with van der Waals surface area (Å²) in [6, 6.07) is 11.3. The zero-order valence-electron chi connectivity index (χ0n) is 19.1. The van der Waals surface area contributed by atoms with Crippen LogP contribution < -0.4 is 5.32 Å². The van der Waals surface area contributed by atoms with Gasteiger partial charge >= 0.3 is 0 Å². The first kappa shape index (κ1) is 21.7. The van der Waals surface area contributed by atoms with E-state index in [0.717, 1.165) is 25.7 Å². The van der Waals surface area contributed by atoms with Gasteiger partial charge < -0.3 is 10.4 Å². The summed E-state index contributed by atoms with van der Waals surface area (Å²) in [7, 11) is 0. The van der Waals surface area contributed by atoms with Gasteiger partial charge in [0.15, 0.2) is 0 Å². The maximum absolute atomic E-state index is 11.1. The van der Waals surface area contributed by atoms with E-state index >= 15 is 0 Å². The fourth-order valence-corrected chi connectivity index (χ4v) is 6.29. The maximum atomic E-state index is 11.1. The van der Waals surface area contributed by atoms with Crippen LogP contribution in [-0.4, -0.2) is 16.6 Å². The Morgan fingerprint density at radius 3 is 2.68 bits per heavy atom. The van der Waals surface area contributed by atoms with Gasteiger partial charge in [-0.05, 0) is 71.1 Å². The van der Waals surface area contributed by atoms with Crippen LogP contribution in [0.15, 0.2) is 36.4 Å². The second-order valence-corrected chi connectivity index (χ2v) is 10.4. The van der Waals surface area contributed by atoms with E-state index in [9.17, 15) is 15.2 Å². The molecule has 1 saturated carbocycles. The molecule has 0 bridgehead atoms. The van der Waals surface area contributed by atoms with Gasteiger partial charge in [0, 0.05) is 18.7 Å². The Morgan fingerprint density at radius 2 is 1.97 bits per heavy atom. The second-order valence-electron chi connectivity index (χ2n) is 10.4. The van der Waals surface area contributed by atoms with Crippen LogP contribution in [0.2, 0.25) is 0 Å². The summed E-state index contributed by atoms with van der Waals surface area (Å²) >= 11 is 0. The minimum Gasteiger partial charge on any atom is -0.506 e. The molecule has 2 aromatic carbocycles. The Kier molecular flexibility index (Phi) is 5.48. The number of hydrogen-bond acceptors (Lipinski definition) is 4. The number of nitrogens with one attached hydrogen (secondary N) is 1. The van der Waals surface area contributed by atoms with Crippen molar-refractivity contribution in [3.63, 3.8) is 0 Å². The predicted octanol–water partition coefficient (Wildman–Crippen LogP) is 6.55. The fraction of sp³-hybridized carbons (Fsp3) is 0.538. The third-order valence-corrected chi connectivity index (χ3v) is 8.04. The van der Waals surface area contributed by atoms with E-state index in [1.165, 1.54) is 41.3 Å². The number of hydrogen-bond donors (Lipinski definition) is 2. The molecular weight excluding hydrogens is 388 g/mol. The monoisotopic (exact) mass is 422 g/mol. The lowest BCUT2D eigenvalue weighted by Gasteiger charge is -2.55. The molecule has 4 rings (SSSR count). The summed E-state index contributed by atoms with van der Waals surface area (Å²) in [4.78, 5) is 10.7. The molecule has 1 fully saturated rings. The average molecular weight is 423 g/mol. The van der Waals surface area contributed by atoms with Crippen molar-refractivity contribution in [2.24, 2.45) is 11.3 Å². The summed E-state index contributed by atoms with van der Waals surface area (Å²) in [6.45, 7) is 9.99. The lowest BCUT2D eigenvalue weighted by Crippen LogP contribution is -2.51. The number of nitro benzene ring substituents is 1. The van der Waals surface area contributed by atoms with E-state index in [0.29, 0.717) is 24.1 Å². The molecule has 0 aliphatic heterocycles. The van der Waals surface area contributed by atoms with Crippen molar-refractivity contribution >= 4 is 11.4 Å². The van der Waals surface area contributed by atoms with Crippen LogP contribution >= 0.6 is 0 Å². The standard InChI is InChI=1S/C26H34N2O3/c1-17(2)18-6-9-21-19(14-18)7-11-24-25(3,12-5-13-26(21,24)4)16-27-22-15-20(28(30)31)8-10-23(22)29/h6,8-10,14-15,17,24,27,29H,5,7,11-13,16H2,1-4H3/t24?,25-,26-/m1/s1. The molecule has 0 radical (unpaired) electrons. The van der Waals surface area contributed by atoms with E-state index in [2.05, 4.69) is 51.2 Å². The SMILES string of the molecule is CC(C)c1ccc2c(c1)CCC1[C@@](C)(CNc3cc([N+](=O)[O-])ccc3O)CCC[C@]21C. The highest BCUT2D eigenvalue weighted by molar-refractivity contribution is 5.61. The van der Waals surface area contributed by atoms with Crippen LogP contribution in [0.3, 0.4) is 0 Å². The summed E-state index contributed by atoms with van der Waals surface area (Å²) < 4.78 is 0. The van der Waals surface area contributed by atoms with Crippen molar-refractivity contribution in [3.8, 4) is 5.75 Å². The molecule has 2 aromatic rings. The zero-order chi connectivity index (χ0) is 22.4. The van der Waals surface area contributed by atoms with Gasteiger partial charge in [-0.15, -0.1) is 0 Å². The topological polar surface area (TPSA) is 75.4 Å². The second kappa shape index (κ2) is 7.85. The summed E-state index contributed by atoms with van der Waals surface area (Å²) in [5, 5.41) is 24.7. The number of nitrogens with zero attached hydrogens (tertiary/aromatic N) is 1. The number of benzene rings is 2. The first-order valence-corrected chi connectivity index (χ1v) is 11.5. The molecule has 0 heterocycles. The number of phenolic OH excluding ortho intramolecular Hbond substituents is 1. The fourth-order valence-electron chi connectivity index (χ4n) is 6.29. The Balaban J connectivity index is 1.61. The van der Waals surface area contributed by atoms with E-state index in [4.69, 9.17) is 0 Å². The van der Waals surface area contributed by atoms with Gasteiger partial charge in [0.1, 0.15) is 5.75 Å². The number of aromatic hydroxyl groups is 1. The largest absolute Gasteiger partial charge is 0.506 e. The van der Waals surface area contributed by atoms with Crippen LogP contribution in [-0.2, 0) is 11.8 Å². The molecule has 0 aromatic heterocycles. The molecule has 31 heavy (non-hydrogen) atoms. The van der Waals surface area contributed by atoms with Crippen molar-refractivity contribution in [1.29, 1.82) is 0 Å². The van der Waals surface area contributed by atoms with Crippen molar-refractivity contribution in [3.05, 3.63) is 63.2 Å². The first-order chi connectivity index (χ1) is 14.6. The lowest BCUT2D eigenvalue weighted by molar-refractivity contribution is -0.384. The van der Waals surface area contributed by atoms with Gasteiger partial charge in [-0.3, -0.25) is 10.1 Å². The van der Waals surface area contributed by atoms with Gasteiger partial charge in [-0.1, -0.05) is 52.3 Å². The molecule has 5 nitrogen and oxygen atoms in total. The molecule has 2 aliphatic rings. The van der Waals surface area contributed by atoms with E-state index < -0.39 is 4.92 Å². The normalized spacial score (nSPS) is 27.5. The van der Waals surface area contributed by atoms with E-state index in [1.54, 1.807) is 0 Å². The van der Waals surface area contributed by atoms with Gasteiger partial charge in [0.25, 0.3) is 5.69 Å². The van der Waals surface area contributed by atoms with E-state index in [1.807, 2.05) is 0 Å². The van der Waals surface area contributed by atoms with Crippen LogP contribution in [0, 0.1) is 21.4 Å². The number of nitro groups is 1.